The van der Waals surface area contributed by atoms with Crippen molar-refractivity contribution in [3.63, 3.8) is 0 Å². The van der Waals surface area contributed by atoms with Gasteiger partial charge in [0.2, 0.25) is 0 Å². The van der Waals surface area contributed by atoms with Crippen molar-refractivity contribution in [2.24, 2.45) is 5.41 Å². The smallest absolute Gasteiger partial charge is 0.0961 e. The third kappa shape index (κ3) is 1.76. The predicted molar refractivity (Wildman–Crippen MR) is 67.6 cm³/mol. The Balaban J connectivity index is 2.48. The molecule has 1 aliphatic rings. The summed E-state index contributed by atoms with van der Waals surface area (Å²) in [6, 6.07) is 7.67. The van der Waals surface area contributed by atoms with Gasteiger partial charge < -0.3 is 5.11 Å². The third-order valence-corrected chi connectivity index (χ3v) is 4.36. The van der Waals surface area contributed by atoms with Gasteiger partial charge in [-0.05, 0) is 24.3 Å². The molecule has 1 N–H and O–H groups in total. The molecule has 1 aliphatic carbocycles. The lowest BCUT2D eigenvalue weighted by Gasteiger charge is -2.47. The van der Waals surface area contributed by atoms with Crippen LogP contribution in [0.25, 0.3) is 0 Å². The maximum absolute atomic E-state index is 11.0. The van der Waals surface area contributed by atoms with Crippen LogP contribution in [0.2, 0.25) is 5.02 Å². The second-order valence-corrected chi connectivity index (χ2v) is 5.84. The van der Waals surface area contributed by atoms with Gasteiger partial charge in [-0.3, -0.25) is 0 Å². The summed E-state index contributed by atoms with van der Waals surface area (Å²) >= 11 is 6.21. The van der Waals surface area contributed by atoms with Crippen molar-refractivity contribution in [2.45, 2.75) is 45.1 Å². The molecule has 1 saturated carbocycles. The van der Waals surface area contributed by atoms with Crippen molar-refractivity contribution < 1.29 is 5.11 Å². The standard InChI is InChI=1S/C14H19ClO/c1-13(2)9-5-6-10-14(13,16)11-7-3-4-8-12(11)15/h3-4,7-8,16H,5-6,9-10H2,1-2H3. The van der Waals surface area contributed by atoms with Gasteiger partial charge in [-0.25, -0.2) is 0 Å². The molecule has 16 heavy (non-hydrogen) atoms. The van der Waals surface area contributed by atoms with Gasteiger partial charge >= 0.3 is 0 Å². The van der Waals surface area contributed by atoms with Gasteiger partial charge in [0, 0.05) is 10.6 Å². The van der Waals surface area contributed by atoms with E-state index in [2.05, 4.69) is 13.8 Å². The van der Waals surface area contributed by atoms with E-state index in [0.29, 0.717) is 5.02 Å². The van der Waals surface area contributed by atoms with Crippen molar-refractivity contribution in [2.75, 3.05) is 0 Å². The molecule has 1 fully saturated rings. The van der Waals surface area contributed by atoms with Crippen molar-refractivity contribution >= 4 is 11.6 Å². The van der Waals surface area contributed by atoms with Crippen molar-refractivity contribution in [1.82, 2.24) is 0 Å². The van der Waals surface area contributed by atoms with E-state index in [9.17, 15) is 5.11 Å². The van der Waals surface area contributed by atoms with Crippen molar-refractivity contribution in [3.05, 3.63) is 34.9 Å². The molecule has 0 aliphatic heterocycles. The summed E-state index contributed by atoms with van der Waals surface area (Å²) < 4.78 is 0. The molecule has 0 radical (unpaired) electrons. The van der Waals surface area contributed by atoms with E-state index < -0.39 is 5.60 Å². The van der Waals surface area contributed by atoms with Gasteiger partial charge in [0.05, 0.1) is 5.60 Å². The minimum Gasteiger partial charge on any atom is -0.385 e. The lowest BCUT2D eigenvalue weighted by atomic mass is 9.62. The largest absolute Gasteiger partial charge is 0.385 e. The summed E-state index contributed by atoms with van der Waals surface area (Å²) in [5.41, 5.74) is 0.0150. The van der Waals surface area contributed by atoms with Crippen molar-refractivity contribution in [3.8, 4) is 0 Å². The molecular weight excluding hydrogens is 220 g/mol. The highest BCUT2D eigenvalue weighted by atomic mass is 35.5. The SMILES string of the molecule is CC1(C)CCCCC1(O)c1ccccc1Cl. The van der Waals surface area contributed by atoms with Gasteiger partial charge in [-0.15, -0.1) is 0 Å². The van der Waals surface area contributed by atoms with Crippen LogP contribution in [0.15, 0.2) is 24.3 Å². The van der Waals surface area contributed by atoms with E-state index in [1.54, 1.807) is 0 Å². The molecular formula is C14H19ClO. The van der Waals surface area contributed by atoms with E-state index in [1.165, 1.54) is 6.42 Å². The molecule has 0 heterocycles. The highest BCUT2D eigenvalue weighted by Crippen LogP contribution is 2.51. The predicted octanol–water partition coefficient (Wildman–Crippen LogP) is 4.13. The second-order valence-electron chi connectivity index (χ2n) is 5.43. The zero-order valence-electron chi connectivity index (χ0n) is 9.96. The monoisotopic (exact) mass is 238 g/mol. The van der Waals surface area contributed by atoms with Gasteiger partial charge in [0.15, 0.2) is 0 Å². The zero-order chi connectivity index (χ0) is 11.8. The topological polar surface area (TPSA) is 20.2 Å². The number of hydrogen-bond acceptors (Lipinski definition) is 1. The first-order valence-electron chi connectivity index (χ1n) is 5.95. The lowest BCUT2D eigenvalue weighted by molar-refractivity contribution is -0.103. The van der Waals surface area contributed by atoms with E-state index >= 15 is 0 Å². The fourth-order valence-corrected chi connectivity index (χ4v) is 3.08. The normalized spacial score (nSPS) is 29.0. The summed E-state index contributed by atoms with van der Waals surface area (Å²) in [5, 5.41) is 11.6. The fraction of sp³-hybridized carbons (Fsp3) is 0.571. The molecule has 0 aromatic heterocycles. The van der Waals surface area contributed by atoms with Gasteiger partial charge in [-0.1, -0.05) is 56.5 Å². The molecule has 2 heteroatoms. The summed E-state index contributed by atoms with van der Waals surface area (Å²) in [4.78, 5) is 0. The Morgan fingerprint density at radius 2 is 1.75 bits per heavy atom. The molecule has 1 aromatic rings. The number of aliphatic hydroxyl groups is 1. The van der Waals surface area contributed by atoms with Crippen LogP contribution in [0, 0.1) is 5.41 Å². The molecule has 0 bridgehead atoms. The average Bonchev–Trinajstić information content (AvgIpc) is 2.23. The van der Waals surface area contributed by atoms with Crippen LogP contribution in [-0.2, 0) is 5.60 Å². The minimum atomic E-state index is -0.774. The number of halogens is 1. The Morgan fingerprint density at radius 1 is 1.12 bits per heavy atom. The lowest BCUT2D eigenvalue weighted by Crippen LogP contribution is -2.44. The van der Waals surface area contributed by atoms with Gasteiger partial charge in [0.1, 0.15) is 0 Å². The second kappa shape index (κ2) is 4.05. The molecule has 1 unspecified atom stereocenters. The Kier molecular flexibility index (Phi) is 3.02. The molecule has 0 spiro atoms. The highest BCUT2D eigenvalue weighted by molar-refractivity contribution is 6.31. The van der Waals surface area contributed by atoms with Crippen LogP contribution >= 0.6 is 11.6 Å². The third-order valence-electron chi connectivity index (χ3n) is 4.03. The van der Waals surface area contributed by atoms with E-state index in [0.717, 1.165) is 24.8 Å². The van der Waals surface area contributed by atoms with E-state index in [-0.39, 0.29) is 5.41 Å². The Hall–Kier alpha value is -0.530. The molecule has 0 amide bonds. The quantitative estimate of drug-likeness (QED) is 0.780. The van der Waals surface area contributed by atoms with Crippen LogP contribution in [0.5, 0.6) is 0 Å². The molecule has 1 aromatic carbocycles. The van der Waals surface area contributed by atoms with Gasteiger partial charge in [0.25, 0.3) is 0 Å². The summed E-state index contributed by atoms with van der Waals surface area (Å²) in [6.45, 7) is 4.27. The number of rotatable bonds is 1. The molecule has 88 valence electrons. The molecule has 2 rings (SSSR count). The highest BCUT2D eigenvalue weighted by Gasteiger charge is 2.47. The zero-order valence-corrected chi connectivity index (χ0v) is 10.7. The van der Waals surface area contributed by atoms with Crippen molar-refractivity contribution in [1.29, 1.82) is 0 Å². The fourth-order valence-electron chi connectivity index (χ4n) is 2.79. The van der Waals surface area contributed by atoms with Gasteiger partial charge in [-0.2, -0.15) is 0 Å². The maximum atomic E-state index is 11.0. The minimum absolute atomic E-state index is 0.101. The van der Waals surface area contributed by atoms with E-state index in [1.807, 2.05) is 24.3 Å². The summed E-state index contributed by atoms with van der Waals surface area (Å²) in [7, 11) is 0. The Morgan fingerprint density at radius 3 is 2.38 bits per heavy atom. The van der Waals surface area contributed by atoms with Crippen LogP contribution in [-0.4, -0.2) is 5.11 Å². The number of hydrogen-bond donors (Lipinski definition) is 1. The van der Waals surface area contributed by atoms with Crippen LogP contribution in [0.1, 0.15) is 45.1 Å². The molecule has 0 saturated heterocycles. The van der Waals surface area contributed by atoms with Crippen LogP contribution < -0.4 is 0 Å². The maximum Gasteiger partial charge on any atom is 0.0961 e. The first-order chi connectivity index (χ1) is 7.47. The average molecular weight is 239 g/mol. The molecule has 1 atom stereocenters. The van der Waals surface area contributed by atoms with Crippen LogP contribution in [0.4, 0.5) is 0 Å². The first kappa shape index (κ1) is 11.9. The Bertz CT molecular complexity index is 386. The first-order valence-corrected chi connectivity index (χ1v) is 6.33. The Labute approximate surface area is 102 Å². The molecule has 1 nitrogen and oxygen atoms in total. The number of benzene rings is 1. The van der Waals surface area contributed by atoms with E-state index in [4.69, 9.17) is 11.6 Å². The van der Waals surface area contributed by atoms with Crippen LogP contribution in [0.3, 0.4) is 0 Å². The summed E-state index contributed by atoms with van der Waals surface area (Å²) in [6.07, 6.45) is 4.13. The summed E-state index contributed by atoms with van der Waals surface area (Å²) in [5.74, 6) is 0.